The van der Waals surface area contributed by atoms with E-state index in [0.717, 1.165) is 22.5 Å². The molecule has 22 heavy (non-hydrogen) atoms. The third-order valence-electron chi connectivity index (χ3n) is 3.80. The predicted octanol–water partition coefficient (Wildman–Crippen LogP) is 3.27. The van der Waals surface area contributed by atoms with Crippen molar-refractivity contribution in [3.05, 3.63) is 22.7 Å². The molecule has 6 heteroatoms. The van der Waals surface area contributed by atoms with E-state index in [1.807, 2.05) is 32.9 Å². The maximum atomic E-state index is 12.2. The third kappa shape index (κ3) is 3.16. The highest BCUT2D eigenvalue weighted by Gasteiger charge is 2.35. The molecule has 0 aliphatic carbocycles. The molecule has 1 fully saturated rings. The summed E-state index contributed by atoms with van der Waals surface area (Å²) < 4.78 is 12.3. The van der Waals surface area contributed by atoms with Gasteiger partial charge in [0.15, 0.2) is 0 Å². The largest absolute Gasteiger partial charge is 0.489 e. The van der Waals surface area contributed by atoms with E-state index in [9.17, 15) is 4.79 Å². The fourth-order valence-corrected chi connectivity index (χ4v) is 3.17. The lowest BCUT2D eigenvalue weighted by molar-refractivity contribution is 0.0195. The highest BCUT2D eigenvalue weighted by atomic mass is 79.9. The van der Waals surface area contributed by atoms with Crippen LogP contribution in [0.2, 0.25) is 0 Å². The smallest absolute Gasteiger partial charge is 0.410 e. The fraction of sp³-hybridized carbons (Fsp3) is 0.562. The zero-order chi connectivity index (χ0) is 15.9. The second-order valence-electron chi connectivity index (χ2n) is 6.70. The SMILES string of the molecule is CC(C)(C)OC(=O)N1CCN2c3ccc(Br)cc3OC[C@H]2C1. The Balaban J connectivity index is 1.71. The van der Waals surface area contributed by atoms with Gasteiger partial charge in [-0.25, -0.2) is 4.79 Å². The molecule has 3 rings (SSSR count). The lowest BCUT2D eigenvalue weighted by Crippen LogP contribution is -2.59. The van der Waals surface area contributed by atoms with Crippen LogP contribution < -0.4 is 9.64 Å². The van der Waals surface area contributed by atoms with Crippen molar-refractivity contribution in [2.24, 2.45) is 0 Å². The minimum atomic E-state index is -0.462. The summed E-state index contributed by atoms with van der Waals surface area (Å²) in [4.78, 5) is 16.3. The molecule has 1 amide bonds. The van der Waals surface area contributed by atoms with Gasteiger partial charge < -0.3 is 19.3 Å². The van der Waals surface area contributed by atoms with Crippen LogP contribution in [0.5, 0.6) is 5.75 Å². The number of amides is 1. The molecule has 0 aromatic heterocycles. The van der Waals surface area contributed by atoms with Crippen LogP contribution in [-0.4, -0.2) is 48.9 Å². The van der Waals surface area contributed by atoms with Crippen molar-refractivity contribution in [2.75, 3.05) is 31.1 Å². The van der Waals surface area contributed by atoms with Crippen LogP contribution in [0.15, 0.2) is 22.7 Å². The number of halogens is 1. The van der Waals surface area contributed by atoms with Crippen LogP contribution in [-0.2, 0) is 4.74 Å². The van der Waals surface area contributed by atoms with E-state index in [1.54, 1.807) is 4.90 Å². The molecule has 2 aliphatic rings. The van der Waals surface area contributed by atoms with Gasteiger partial charge in [0, 0.05) is 24.1 Å². The second kappa shape index (κ2) is 5.65. The Kier molecular flexibility index (Phi) is 3.97. The summed E-state index contributed by atoms with van der Waals surface area (Å²) in [6.45, 7) is 8.34. The number of ether oxygens (including phenoxy) is 2. The highest BCUT2D eigenvalue weighted by Crippen LogP contribution is 2.37. The first-order valence-electron chi connectivity index (χ1n) is 7.50. The molecule has 0 spiro atoms. The molecule has 0 saturated carbocycles. The van der Waals surface area contributed by atoms with E-state index in [4.69, 9.17) is 9.47 Å². The van der Waals surface area contributed by atoms with Crippen molar-refractivity contribution in [1.29, 1.82) is 0 Å². The molecule has 120 valence electrons. The Morgan fingerprint density at radius 2 is 2.14 bits per heavy atom. The van der Waals surface area contributed by atoms with E-state index >= 15 is 0 Å². The van der Waals surface area contributed by atoms with Gasteiger partial charge in [-0.15, -0.1) is 0 Å². The summed E-state index contributed by atoms with van der Waals surface area (Å²) in [5, 5.41) is 0. The van der Waals surface area contributed by atoms with Gasteiger partial charge in [0.05, 0.1) is 11.7 Å². The standard InChI is InChI=1S/C16H21BrN2O3/c1-16(2,3)22-15(20)18-6-7-19-12(9-18)10-21-14-8-11(17)4-5-13(14)19/h4-5,8,12H,6-7,9-10H2,1-3H3/t12-/m1/s1. The average molecular weight is 369 g/mol. The van der Waals surface area contributed by atoms with Crippen molar-refractivity contribution in [3.63, 3.8) is 0 Å². The topological polar surface area (TPSA) is 42.0 Å². The average Bonchev–Trinajstić information content (AvgIpc) is 2.44. The van der Waals surface area contributed by atoms with E-state index in [-0.39, 0.29) is 12.1 Å². The van der Waals surface area contributed by atoms with E-state index < -0.39 is 5.60 Å². The summed E-state index contributed by atoms with van der Waals surface area (Å²) in [6.07, 6.45) is -0.242. The van der Waals surface area contributed by atoms with E-state index in [2.05, 4.69) is 26.9 Å². The Morgan fingerprint density at radius 1 is 1.36 bits per heavy atom. The Bertz CT molecular complexity index is 585. The van der Waals surface area contributed by atoms with Crippen LogP contribution in [0.25, 0.3) is 0 Å². The number of nitrogens with zero attached hydrogens (tertiary/aromatic N) is 2. The van der Waals surface area contributed by atoms with Gasteiger partial charge in [-0.2, -0.15) is 0 Å². The molecule has 1 saturated heterocycles. The minimum Gasteiger partial charge on any atom is -0.489 e. The van der Waals surface area contributed by atoms with Crippen LogP contribution >= 0.6 is 15.9 Å². The summed E-state index contributed by atoms with van der Waals surface area (Å²) in [6, 6.07) is 6.25. The molecule has 1 atom stereocenters. The van der Waals surface area contributed by atoms with Gasteiger partial charge in [-0.3, -0.25) is 0 Å². The molecule has 1 aromatic rings. The van der Waals surface area contributed by atoms with Gasteiger partial charge >= 0.3 is 6.09 Å². The molecule has 2 heterocycles. The highest BCUT2D eigenvalue weighted by molar-refractivity contribution is 9.10. The summed E-state index contributed by atoms with van der Waals surface area (Å²) in [7, 11) is 0. The quantitative estimate of drug-likeness (QED) is 0.704. The number of hydrogen-bond acceptors (Lipinski definition) is 4. The first-order chi connectivity index (χ1) is 10.3. The van der Waals surface area contributed by atoms with Crippen molar-refractivity contribution < 1.29 is 14.3 Å². The Hall–Kier alpha value is -1.43. The molecule has 1 aromatic carbocycles. The van der Waals surface area contributed by atoms with E-state index in [1.165, 1.54) is 0 Å². The van der Waals surface area contributed by atoms with Crippen molar-refractivity contribution in [2.45, 2.75) is 32.4 Å². The maximum absolute atomic E-state index is 12.2. The number of rotatable bonds is 0. The molecular formula is C16H21BrN2O3. The second-order valence-corrected chi connectivity index (χ2v) is 7.61. The first-order valence-corrected chi connectivity index (χ1v) is 8.30. The Labute approximate surface area is 139 Å². The zero-order valence-electron chi connectivity index (χ0n) is 13.1. The molecule has 2 aliphatic heterocycles. The van der Waals surface area contributed by atoms with Crippen molar-refractivity contribution in [1.82, 2.24) is 4.90 Å². The third-order valence-corrected chi connectivity index (χ3v) is 4.29. The number of carbonyl (C=O) groups is 1. The lowest BCUT2D eigenvalue weighted by Gasteiger charge is -2.45. The fourth-order valence-electron chi connectivity index (χ4n) is 2.83. The van der Waals surface area contributed by atoms with Gasteiger partial charge in [-0.05, 0) is 39.0 Å². The zero-order valence-corrected chi connectivity index (χ0v) is 14.7. The number of anilines is 1. The van der Waals surface area contributed by atoms with Crippen LogP contribution in [0.1, 0.15) is 20.8 Å². The number of carbonyl (C=O) groups excluding carboxylic acids is 1. The minimum absolute atomic E-state index is 0.176. The Morgan fingerprint density at radius 3 is 2.86 bits per heavy atom. The monoisotopic (exact) mass is 368 g/mol. The number of fused-ring (bicyclic) bond motifs is 3. The maximum Gasteiger partial charge on any atom is 0.410 e. The summed E-state index contributed by atoms with van der Waals surface area (Å²) in [5.74, 6) is 0.899. The van der Waals surface area contributed by atoms with Crippen LogP contribution in [0.4, 0.5) is 10.5 Å². The van der Waals surface area contributed by atoms with Gasteiger partial charge in [-0.1, -0.05) is 15.9 Å². The lowest BCUT2D eigenvalue weighted by atomic mass is 10.1. The van der Waals surface area contributed by atoms with E-state index in [0.29, 0.717) is 19.7 Å². The van der Waals surface area contributed by atoms with Crippen molar-refractivity contribution in [3.8, 4) is 5.75 Å². The molecule has 0 N–H and O–H groups in total. The van der Waals surface area contributed by atoms with Gasteiger partial charge in [0.2, 0.25) is 0 Å². The van der Waals surface area contributed by atoms with Crippen LogP contribution in [0, 0.1) is 0 Å². The molecule has 0 radical (unpaired) electrons. The number of hydrogen-bond donors (Lipinski definition) is 0. The predicted molar refractivity (Wildman–Crippen MR) is 88.6 cm³/mol. The number of piperazine rings is 1. The van der Waals surface area contributed by atoms with Gasteiger partial charge in [0.25, 0.3) is 0 Å². The van der Waals surface area contributed by atoms with Crippen molar-refractivity contribution >= 4 is 27.7 Å². The normalized spacial score (nSPS) is 20.8. The van der Waals surface area contributed by atoms with Gasteiger partial charge in [0.1, 0.15) is 18.0 Å². The first kappa shape index (κ1) is 15.5. The summed E-state index contributed by atoms with van der Waals surface area (Å²) in [5.41, 5.74) is 0.638. The molecular weight excluding hydrogens is 348 g/mol. The molecule has 0 unspecified atom stereocenters. The molecule has 5 nitrogen and oxygen atoms in total. The molecule has 0 bridgehead atoms. The summed E-state index contributed by atoms with van der Waals surface area (Å²) >= 11 is 3.47. The van der Waals surface area contributed by atoms with Crippen LogP contribution in [0.3, 0.4) is 0 Å². The number of benzene rings is 1.